The molecule has 7 rings (SSSR count). The minimum Gasteiger partial charge on any atom is -0.462 e. The smallest absolute Gasteiger partial charge is 0.302 e. The molecule has 0 aromatic rings. The summed E-state index contributed by atoms with van der Waals surface area (Å²) in [7, 11) is 0. The van der Waals surface area contributed by atoms with Gasteiger partial charge in [-0.15, -0.1) is 0 Å². The molecule has 18 atom stereocenters. The molecule has 3 saturated heterocycles. The summed E-state index contributed by atoms with van der Waals surface area (Å²) in [5.41, 5.74) is 0.855. The van der Waals surface area contributed by atoms with E-state index in [0.29, 0.717) is 12.8 Å². The normalized spacial score (nSPS) is 53.7. The van der Waals surface area contributed by atoms with E-state index in [0.717, 1.165) is 25.7 Å². The van der Waals surface area contributed by atoms with Crippen LogP contribution in [0.1, 0.15) is 80.1 Å². The van der Waals surface area contributed by atoms with Crippen molar-refractivity contribution >= 4 is 5.97 Å². The molecule has 5 fully saturated rings. The van der Waals surface area contributed by atoms with Crippen LogP contribution in [0.15, 0.2) is 23.3 Å². The van der Waals surface area contributed by atoms with E-state index >= 15 is 0 Å². The number of carbonyl (C=O) groups is 1. The molecule has 0 spiro atoms. The summed E-state index contributed by atoms with van der Waals surface area (Å²) in [5, 5.41) is 63.9. The summed E-state index contributed by atoms with van der Waals surface area (Å²) in [4.78, 5) is 12.5. The fraction of sp³-hybridized carbons (Fsp3) is 0.865. The predicted octanol–water partition coefficient (Wildman–Crippen LogP) is 1.72. The lowest BCUT2D eigenvalue weighted by molar-refractivity contribution is -0.314. The van der Waals surface area contributed by atoms with Crippen LogP contribution in [0.3, 0.4) is 0 Å². The lowest BCUT2D eigenvalue weighted by Gasteiger charge is -2.54. The Morgan fingerprint density at radius 1 is 1.04 bits per heavy atom. The lowest BCUT2D eigenvalue weighted by atomic mass is 9.51. The number of esters is 1. The summed E-state index contributed by atoms with van der Waals surface area (Å²) in [5.74, 6) is -0.936. The summed E-state index contributed by atoms with van der Waals surface area (Å²) in [6, 6.07) is 0. The number of aliphatic hydroxyl groups excluding tert-OH is 5. The van der Waals surface area contributed by atoms with E-state index in [1.54, 1.807) is 0 Å². The van der Waals surface area contributed by atoms with E-state index in [1.165, 1.54) is 18.1 Å². The third kappa shape index (κ3) is 5.34. The molecule has 12 nitrogen and oxygen atoms in total. The second kappa shape index (κ2) is 12.6. The fourth-order valence-electron chi connectivity index (χ4n) is 11.3. The fourth-order valence-corrected chi connectivity index (χ4v) is 11.3. The van der Waals surface area contributed by atoms with Crippen molar-refractivity contribution in [1.29, 1.82) is 0 Å². The average molecular weight is 693 g/mol. The van der Waals surface area contributed by atoms with Crippen LogP contribution in [0.5, 0.6) is 0 Å². The minimum atomic E-state index is -1.48. The quantitative estimate of drug-likeness (QED) is 0.222. The Bertz CT molecular complexity index is 1350. The van der Waals surface area contributed by atoms with E-state index in [-0.39, 0.29) is 46.6 Å². The summed E-state index contributed by atoms with van der Waals surface area (Å²) >= 11 is 0. The van der Waals surface area contributed by atoms with Gasteiger partial charge >= 0.3 is 5.97 Å². The Morgan fingerprint density at radius 3 is 2.45 bits per heavy atom. The van der Waals surface area contributed by atoms with Crippen molar-refractivity contribution in [2.75, 3.05) is 6.61 Å². The summed E-state index contributed by atoms with van der Waals surface area (Å²) in [6.45, 7) is 11.2. The second-order valence-electron chi connectivity index (χ2n) is 16.8. The zero-order chi connectivity index (χ0) is 35.4. The first-order valence-electron chi connectivity index (χ1n) is 18.3. The molecule has 0 aromatic heterocycles. The molecule has 0 bridgehead atoms. The number of allylic oxidation sites excluding steroid dienone is 4. The second-order valence-corrected chi connectivity index (χ2v) is 16.8. The predicted molar refractivity (Wildman–Crippen MR) is 173 cm³/mol. The molecule has 0 amide bonds. The highest BCUT2D eigenvalue weighted by Crippen LogP contribution is 2.67. The first-order chi connectivity index (χ1) is 23.1. The number of ether oxygens (including phenoxy) is 5. The number of carbonyl (C=O) groups excluding carboxylic acids is 1. The molecule has 3 aliphatic heterocycles. The summed E-state index contributed by atoms with van der Waals surface area (Å²) < 4.78 is 30.5. The monoisotopic (exact) mass is 692 g/mol. The zero-order valence-corrected chi connectivity index (χ0v) is 29.5. The van der Waals surface area contributed by atoms with Crippen molar-refractivity contribution < 1.29 is 59.1 Å². The van der Waals surface area contributed by atoms with Crippen molar-refractivity contribution in [2.24, 2.45) is 40.4 Å². The van der Waals surface area contributed by atoms with Gasteiger partial charge in [-0.3, -0.25) is 4.79 Å². The maximum Gasteiger partial charge on any atom is 0.302 e. The van der Waals surface area contributed by atoms with Gasteiger partial charge in [0.2, 0.25) is 0 Å². The molecule has 0 aromatic carbocycles. The first-order valence-corrected chi connectivity index (χ1v) is 18.3. The van der Waals surface area contributed by atoms with Gasteiger partial charge in [-0.2, -0.15) is 0 Å². The molecule has 7 aliphatic rings. The summed E-state index contributed by atoms with van der Waals surface area (Å²) in [6.07, 6.45) is -0.962. The molecular formula is C37H56O12. The molecular weight excluding hydrogens is 636 g/mol. The number of rotatable bonds is 6. The maximum absolute atomic E-state index is 12.5. The largest absolute Gasteiger partial charge is 0.462 e. The standard InChI is InChI=1S/C37H56O12/c1-16(2)37(44)17(3)45-31-26(33(43)49-32(31)37)27-24(46-18(4)39)14-23-21-8-7-19-13-20(9-11-35(19,5)22(21)10-12-36(23,27)6)47-34-30(42)29(41)28(40)25(15-38)48-34/h8,10,16-17,19-20,23-34,38,40-44H,7,9,11-15H2,1-6H3/t17-,19+,20+,23+,24-,25-,26+,27-,28-,29+,30-,31-,32+,33+,34-,35+,36+,37-/m1/s1. The van der Waals surface area contributed by atoms with Crippen LogP contribution >= 0.6 is 0 Å². The highest BCUT2D eigenvalue weighted by molar-refractivity contribution is 5.66. The minimum absolute atomic E-state index is 0.0803. The first kappa shape index (κ1) is 35.9. The van der Waals surface area contributed by atoms with E-state index in [1.807, 2.05) is 20.8 Å². The van der Waals surface area contributed by atoms with Gasteiger partial charge in [0.15, 0.2) is 12.6 Å². The SMILES string of the molecule is CC(=O)O[C@@H]1C[C@H]2C3=CC[C@H]4C[C@@H](O[C@@H]5O[C@H](CO)[C@@H](O)[C@H](O)[C@H]5O)CC[C@]4(C)C3=CC[C@]2(C)[C@H]1[C@H]1[C@H]2O[C@H](C)[C@](O)(C(C)C)[C@H]2O[C@@H]1O. The van der Waals surface area contributed by atoms with Gasteiger partial charge in [0.25, 0.3) is 0 Å². The third-order valence-electron chi connectivity index (χ3n) is 14.1. The highest BCUT2D eigenvalue weighted by atomic mass is 16.7. The van der Waals surface area contributed by atoms with E-state index in [4.69, 9.17) is 23.7 Å². The van der Waals surface area contributed by atoms with Crippen LogP contribution in [0.4, 0.5) is 0 Å². The molecule has 0 radical (unpaired) electrons. The Morgan fingerprint density at radius 2 is 1.78 bits per heavy atom. The Balaban J connectivity index is 1.13. The zero-order valence-electron chi connectivity index (χ0n) is 29.5. The van der Waals surface area contributed by atoms with Gasteiger partial charge in [0.1, 0.15) is 42.2 Å². The van der Waals surface area contributed by atoms with Crippen molar-refractivity contribution in [3.63, 3.8) is 0 Å². The van der Waals surface area contributed by atoms with Gasteiger partial charge < -0.3 is 54.3 Å². The van der Waals surface area contributed by atoms with Crippen molar-refractivity contribution in [1.82, 2.24) is 0 Å². The van der Waals surface area contributed by atoms with Gasteiger partial charge in [-0.25, -0.2) is 0 Å². The van der Waals surface area contributed by atoms with E-state index < -0.39 is 79.5 Å². The Labute approximate surface area is 288 Å². The van der Waals surface area contributed by atoms with Crippen molar-refractivity contribution in [3.05, 3.63) is 23.3 Å². The molecule has 4 aliphatic carbocycles. The van der Waals surface area contributed by atoms with Crippen molar-refractivity contribution in [3.8, 4) is 0 Å². The number of aliphatic hydroxyl groups is 6. The van der Waals surface area contributed by atoms with Gasteiger partial charge in [0.05, 0.1) is 24.9 Å². The maximum atomic E-state index is 12.5. The molecule has 3 heterocycles. The van der Waals surface area contributed by atoms with Crippen LogP contribution in [0.25, 0.3) is 0 Å². The molecule has 2 saturated carbocycles. The average Bonchev–Trinajstić information content (AvgIpc) is 3.61. The van der Waals surface area contributed by atoms with Crippen LogP contribution in [0.2, 0.25) is 0 Å². The van der Waals surface area contributed by atoms with Crippen LogP contribution in [0, 0.1) is 40.4 Å². The Hall–Kier alpha value is -1.45. The topological polar surface area (TPSA) is 185 Å². The molecule has 0 unspecified atom stereocenters. The molecule has 6 N–H and O–H groups in total. The van der Waals surface area contributed by atoms with Gasteiger partial charge in [-0.05, 0) is 85.2 Å². The van der Waals surface area contributed by atoms with E-state index in [2.05, 4.69) is 26.0 Å². The lowest BCUT2D eigenvalue weighted by Crippen LogP contribution is -2.60. The number of hydrogen-bond acceptors (Lipinski definition) is 12. The van der Waals surface area contributed by atoms with Crippen LogP contribution < -0.4 is 0 Å². The third-order valence-corrected chi connectivity index (χ3v) is 14.1. The van der Waals surface area contributed by atoms with E-state index in [9.17, 15) is 35.4 Å². The van der Waals surface area contributed by atoms with Gasteiger partial charge in [0, 0.05) is 18.8 Å². The van der Waals surface area contributed by atoms with Gasteiger partial charge in [-0.1, -0.05) is 39.8 Å². The number of hydrogen-bond donors (Lipinski definition) is 6. The molecule has 276 valence electrons. The highest BCUT2D eigenvalue weighted by Gasteiger charge is 2.70. The number of fused-ring (bicyclic) bond motifs is 6. The van der Waals surface area contributed by atoms with Crippen LogP contribution in [-0.2, 0) is 28.5 Å². The van der Waals surface area contributed by atoms with Crippen molar-refractivity contribution in [2.45, 2.75) is 153 Å². The van der Waals surface area contributed by atoms with Crippen LogP contribution in [-0.4, -0.2) is 116 Å². The molecule has 12 heteroatoms. The Kier molecular flexibility index (Phi) is 9.24. The molecule has 49 heavy (non-hydrogen) atoms.